The summed E-state index contributed by atoms with van der Waals surface area (Å²) in [7, 11) is 1.71. The number of nitrogens with one attached hydrogen (secondary N) is 1. The van der Waals surface area contributed by atoms with Crippen LogP contribution >= 0.6 is 0 Å². The van der Waals surface area contributed by atoms with Gasteiger partial charge in [-0.05, 0) is 44.2 Å². The number of hydrogen-bond acceptors (Lipinski definition) is 4. The number of para-hydroxylation sites is 1. The summed E-state index contributed by atoms with van der Waals surface area (Å²) in [4.78, 5) is 15.0. The van der Waals surface area contributed by atoms with E-state index in [0.717, 1.165) is 51.4 Å². The van der Waals surface area contributed by atoms with Gasteiger partial charge in [0, 0.05) is 25.7 Å². The third kappa shape index (κ3) is 4.33. The number of morpholine rings is 1. The van der Waals surface area contributed by atoms with Gasteiger partial charge in [0.25, 0.3) is 0 Å². The van der Waals surface area contributed by atoms with Gasteiger partial charge in [-0.25, -0.2) is 0 Å². The molecule has 138 valence electrons. The molecule has 0 radical (unpaired) electrons. The quantitative estimate of drug-likeness (QED) is 0.859. The fraction of sp³-hybridized carbons (Fsp3) is 0.650. The highest BCUT2D eigenvalue weighted by atomic mass is 16.5. The van der Waals surface area contributed by atoms with E-state index >= 15 is 0 Å². The van der Waals surface area contributed by atoms with Crippen LogP contribution in [0.25, 0.3) is 0 Å². The average molecular weight is 346 g/mol. The Morgan fingerprint density at radius 2 is 1.96 bits per heavy atom. The topological polar surface area (TPSA) is 50.8 Å². The Bertz CT molecular complexity index is 590. The predicted molar refractivity (Wildman–Crippen MR) is 97.9 cm³/mol. The van der Waals surface area contributed by atoms with Crippen molar-refractivity contribution in [2.24, 2.45) is 5.41 Å². The highest BCUT2D eigenvalue weighted by molar-refractivity contribution is 5.82. The van der Waals surface area contributed by atoms with E-state index in [1.165, 1.54) is 5.56 Å². The monoisotopic (exact) mass is 346 g/mol. The molecule has 0 aromatic heterocycles. The molecule has 1 amide bonds. The highest BCUT2D eigenvalue weighted by Crippen LogP contribution is 2.41. The van der Waals surface area contributed by atoms with Crippen LogP contribution in [0.1, 0.15) is 38.2 Å². The minimum Gasteiger partial charge on any atom is -0.496 e. The summed E-state index contributed by atoms with van der Waals surface area (Å²) in [6.45, 7) is 8.21. The fourth-order valence-corrected chi connectivity index (χ4v) is 3.76. The third-order valence-electron chi connectivity index (χ3n) is 5.39. The van der Waals surface area contributed by atoms with Crippen molar-refractivity contribution in [1.82, 2.24) is 10.2 Å². The largest absolute Gasteiger partial charge is 0.496 e. The lowest BCUT2D eigenvalue weighted by Crippen LogP contribution is -2.52. The molecule has 0 spiro atoms. The van der Waals surface area contributed by atoms with Crippen molar-refractivity contribution >= 4 is 5.91 Å². The molecule has 2 fully saturated rings. The molecule has 1 aliphatic carbocycles. The number of hydrogen-bond donors (Lipinski definition) is 1. The molecule has 1 aromatic rings. The van der Waals surface area contributed by atoms with Crippen LogP contribution in [-0.2, 0) is 9.53 Å². The summed E-state index contributed by atoms with van der Waals surface area (Å²) < 4.78 is 10.8. The second kappa shape index (κ2) is 7.75. The van der Waals surface area contributed by atoms with Crippen molar-refractivity contribution in [3.05, 3.63) is 29.8 Å². The first-order valence-corrected chi connectivity index (χ1v) is 9.23. The van der Waals surface area contributed by atoms with Gasteiger partial charge in [-0.15, -0.1) is 0 Å². The molecular formula is C20H30N2O3. The molecular weight excluding hydrogens is 316 g/mol. The van der Waals surface area contributed by atoms with Gasteiger partial charge >= 0.3 is 0 Å². The Labute approximate surface area is 150 Å². The molecule has 3 rings (SSSR count). The summed E-state index contributed by atoms with van der Waals surface area (Å²) in [5.74, 6) is 1.58. The van der Waals surface area contributed by atoms with Gasteiger partial charge in [0.05, 0.1) is 25.7 Å². The molecule has 25 heavy (non-hydrogen) atoms. The van der Waals surface area contributed by atoms with E-state index in [4.69, 9.17) is 9.47 Å². The molecule has 0 unspecified atom stereocenters. The molecule has 0 bridgehead atoms. The Balaban J connectivity index is 1.49. The maximum atomic E-state index is 12.7. The minimum absolute atomic E-state index is 0.155. The van der Waals surface area contributed by atoms with E-state index in [-0.39, 0.29) is 17.4 Å². The fourth-order valence-electron chi connectivity index (χ4n) is 3.76. The van der Waals surface area contributed by atoms with Gasteiger partial charge in [-0.1, -0.05) is 18.2 Å². The maximum absolute atomic E-state index is 12.7. The number of benzene rings is 1. The average Bonchev–Trinajstić information content (AvgIpc) is 2.58. The molecule has 0 atom stereocenters. The molecule has 1 aliphatic heterocycles. The van der Waals surface area contributed by atoms with E-state index in [2.05, 4.69) is 22.3 Å². The molecule has 5 heteroatoms. The number of carbonyl (C=O) groups excluding carboxylic acids is 1. The van der Waals surface area contributed by atoms with Gasteiger partial charge in [0.15, 0.2) is 0 Å². The second-order valence-corrected chi connectivity index (χ2v) is 7.85. The first-order valence-electron chi connectivity index (χ1n) is 9.23. The molecule has 1 aromatic carbocycles. The standard InChI is InChI=1S/C20H30N2O3/c1-20(2,14-22-8-10-25-11-9-22)19(23)21-16-12-15(13-16)17-6-4-5-7-18(17)24-3/h4-7,15-16H,8-14H2,1-3H3,(H,21,23). The zero-order chi connectivity index (χ0) is 17.9. The van der Waals surface area contributed by atoms with Crippen LogP contribution in [0.2, 0.25) is 0 Å². The Kier molecular flexibility index (Phi) is 5.64. The van der Waals surface area contributed by atoms with Gasteiger partial charge in [-0.2, -0.15) is 0 Å². The van der Waals surface area contributed by atoms with Crippen LogP contribution in [-0.4, -0.2) is 56.8 Å². The number of nitrogens with zero attached hydrogens (tertiary/aromatic N) is 1. The van der Waals surface area contributed by atoms with E-state index in [0.29, 0.717) is 5.92 Å². The minimum atomic E-state index is -0.382. The van der Waals surface area contributed by atoms with Gasteiger partial charge in [0.1, 0.15) is 5.75 Å². The summed E-state index contributed by atoms with van der Waals surface area (Å²) in [6.07, 6.45) is 1.97. The van der Waals surface area contributed by atoms with Crippen molar-refractivity contribution in [2.45, 2.75) is 38.6 Å². The Morgan fingerprint density at radius 3 is 2.64 bits per heavy atom. The van der Waals surface area contributed by atoms with Gasteiger partial charge in [0.2, 0.25) is 5.91 Å². The molecule has 1 saturated carbocycles. The van der Waals surface area contributed by atoms with Crippen molar-refractivity contribution < 1.29 is 14.3 Å². The van der Waals surface area contributed by atoms with Gasteiger partial charge < -0.3 is 14.8 Å². The zero-order valence-corrected chi connectivity index (χ0v) is 15.6. The van der Waals surface area contributed by atoms with Crippen LogP contribution in [0, 0.1) is 5.41 Å². The Hall–Kier alpha value is -1.59. The van der Waals surface area contributed by atoms with E-state index in [1.54, 1.807) is 7.11 Å². The van der Waals surface area contributed by atoms with Crippen LogP contribution in [0.4, 0.5) is 0 Å². The number of methoxy groups -OCH3 is 1. The van der Waals surface area contributed by atoms with Crippen LogP contribution in [0.5, 0.6) is 5.75 Å². The van der Waals surface area contributed by atoms with Crippen LogP contribution < -0.4 is 10.1 Å². The lowest BCUT2D eigenvalue weighted by Gasteiger charge is -2.40. The molecule has 1 heterocycles. The lowest BCUT2D eigenvalue weighted by molar-refractivity contribution is -0.132. The zero-order valence-electron chi connectivity index (χ0n) is 15.6. The first kappa shape index (κ1) is 18.2. The number of amides is 1. The highest BCUT2D eigenvalue weighted by Gasteiger charge is 2.37. The second-order valence-electron chi connectivity index (χ2n) is 7.85. The maximum Gasteiger partial charge on any atom is 0.227 e. The summed E-state index contributed by atoms with van der Waals surface area (Å²) in [5, 5.41) is 3.25. The number of carbonyl (C=O) groups is 1. The molecule has 1 saturated heterocycles. The predicted octanol–water partition coefficient (Wildman–Crippen LogP) is 2.42. The molecule has 1 N–H and O–H groups in total. The number of ether oxygens (including phenoxy) is 2. The van der Waals surface area contributed by atoms with E-state index in [1.807, 2.05) is 26.0 Å². The SMILES string of the molecule is COc1ccccc1C1CC(NC(=O)C(C)(C)CN2CCOCC2)C1. The number of rotatable bonds is 6. The van der Waals surface area contributed by atoms with Crippen LogP contribution in [0.15, 0.2) is 24.3 Å². The smallest absolute Gasteiger partial charge is 0.227 e. The van der Waals surface area contributed by atoms with Crippen molar-refractivity contribution in [2.75, 3.05) is 40.0 Å². The van der Waals surface area contributed by atoms with Crippen molar-refractivity contribution in [1.29, 1.82) is 0 Å². The Morgan fingerprint density at radius 1 is 1.28 bits per heavy atom. The van der Waals surface area contributed by atoms with E-state index < -0.39 is 0 Å². The summed E-state index contributed by atoms with van der Waals surface area (Å²) >= 11 is 0. The lowest BCUT2D eigenvalue weighted by atomic mass is 9.75. The summed E-state index contributed by atoms with van der Waals surface area (Å²) in [6, 6.07) is 8.45. The van der Waals surface area contributed by atoms with Crippen molar-refractivity contribution in [3.8, 4) is 5.75 Å². The third-order valence-corrected chi connectivity index (χ3v) is 5.39. The van der Waals surface area contributed by atoms with Gasteiger partial charge in [-0.3, -0.25) is 9.69 Å². The first-order chi connectivity index (χ1) is 12.0. The molecule has 5 nitrogen and oxygen atoms in total. The normalized spacial score (nSPS) is 24.4. The van der Waals surface area contributed by atoms with E-state index in [9.17, 15) is 4.79 Å². The summed E-state index contributed by atoms with van der Waals surface area (Å²) in [5.41, 5.74) is 0.871. The van der Waals surface area contributed by atoms with Crippen LogP contribution in [0.3, 0.4) is 0 Å². The van der Waals surface area contributed by atoms with Crippen molar-refractivity contribution in [3.63, 3.8) is 0 Å². The molecule has 2 aliphatic rings.